The van der Waals surface area contributed by atoms with E-state index < -0.39 is 10.0 Å². The molecule has 20 heavy (non-hydrogen) atoms. The van der Waals surface area contributed by atoms with Crippen LogP contribution in [-0.4, -0.2) is 8.42 Å². The fourth-order valence-corrected chi connectivity index (χ4v) is 3.44. The third-order valence-electron chi connectivity index (χ3n) is 2.93. The number of sulfonamides is 1. The molecule has 0 saturated heterocycles. The molecule has 5 heteroatoms. The minimum Gasteiger partial charge on any atom is -0.212 e. The van der Waals surface area contributed by atoms with Gasteiger partial charge in [0.05, 0.1) is 5.75 Å². The van der Waals surface area contributed by atoms with Crippen molar-refractivity contribution in [3.63, 3.8) is 0 Å². The number of hydrogen-bond donors (Lipinski definition) is 1. The van der Waals surface area contributed by atoms with Crippen LogP contribution in [0.5, 0.6) is 0 Å². The Bertz CT molecular complexity index is 654. The first-order valence-corrected chi connectivity index (χ1v) is 8.29. The molecule has 0 radical (unpaired) electrons. The standard InChI is InChI=1S/C15H16ClNO2S/c1-12(14-5-3-2-4-6-14)17-20(18,19)11-13-7-9-15(16)10-8-13/h2-10,12,17H,11H2,1H3/t12-/m0/s1. The first kappa shape index (κ1) is 15.0. The number of hydrogen-bond acceptors (Lipinski definition) is 2. The second kappa shape index (κ2) is 6.39. The molecule has 2 aromatic carbocycles. The summed E-state index contributed by atoms with van der Waals surface area (Å²) in [5.74, 6) is -0.0542. The van der Waals surface area contributed by atoms with Gasteiger partial charge in [-0.3, -0.25) is 0 Å². The van der Waals surface area contributed by atoms with Gasteiger partial charge >= 0.3 is 0 Å². The maximum absolute atomic E-state index is 12.1. The third-order valence-corrected chi connectivity index (χ3v) is 4.60. The fraction of sp³-hybridized carbons (Fsp3) is 0.200. The summed E-state index contributed by atoms with van der Waals surface area (Å²) < 4.78 is 26.9. The summed E-state index contributed by atoms with van der Waals surface area (Å²) in [5.41, 5.74) is 1.65. The maximum atomic E-state index is 12.1. The van der Waals surface area contributed by atoms with Crippen molar-refractivity contribution >= 4 is 21.6 Å². The molecule has 2 rings (SSSR count). The largest absolute Gasteiger partial charge is 0.216 e. The highest BCUT2D eigenvalue weighted by Crippen LogP contribution is 2.15. The number of rotatable bonds is 5. The molecule has 0 unspecified atom stereocenters. The van der Waals surface area contributed by atoms with Crippen molar-refractivity contribution in [2.45, 2.75) is 18.7 Å². The zero-order chi connectivity index (χ0) is 14.6. The summed E-state index contributed by atoms with van der Waals surface area (Å²) in [5, 5.41) is 0.594. The molecule has 0 bridgehead atoms. The van der Waals surface area contributed by atoms with E-state index in [0.29, 0.717) is 10.6 Å². The van der Waals surface area contributed by atoms with Crippen LogP contribution in [-0.2, 0) is 15.8 Å². The van der Waals surface area contributed by atoms with Crippen LogP contribution < -0.4 is 4.72 Å². The minimum atomic E-state index is -3.39. The van der Waals surface area contributed by atoms with Gasteiger partial charge in [-0.15, -0.1) is 0 Å². The lowest BCUT2D eigenvalue weighted by Gasteiger charge is -2.14. The van der Waals surface area contributed by atoms with Gasteiger partial charge in [0.25, 0.3) is 0 Å². The Kier molecular flexibility index (Phi) is 4.81. The van der Waals surface area contributed by atoms with E-state index in [1.54, 1.807) is 24.3 Å². The van der Waals surface area contributed by atoms with E-state index in [-0.39, 0.29) is 11.8 Å². The van der Waals surface area contributed by atoms with E-state index in [0.717, 1.165) is 5.56 Å². The van der Waals surface area contributed by atoms with Crippen molar-refractivity contribution < 1.29 is 8.42 Å². The summed E-state index contributed by atoms with van der Waals surface area (Å²) >= 11 is 5.78. The molecule has 0 saturated carbocycles. The highest BCUT2D eigenvalue weighted by Gasteiger charge is 2.16. The van der Waals surface area contributed by atoms with Crippen molar-refractivity contribution in [2.75, 3.05) is 0 Å². The van der Waals surface area contributed by atoms with E-state index in [1.807, 2.05) is 37.3 Å². The summed E-state index contributed by atoms with van der Waals surface area (Å²) in [6, 6.07) is 16.0. The second-order valence-corrected chi connectivity index (χ2v) is 6.83. The Hall–Kier alpha value is -1.36. The average molecular weight is 310 g/mol. The minimum absolute atomic E-state index is 0.0542. The van der Waals surface area contributed by atoms with Crippen LogP contribution in [0.25, 0.3) is 0 Å². The normalized spacial score (nSPS) is 13.1. The quantitative estimate of drug-likeness (QED) is 0.918. The smallest absolute Gasteiger partial charge is 0.212 e. The highest BCUT2D eigenvalue weighted by molar-refractivity contribution is 7.88. The van der Waals surface area contributed by atoms with Crippen molar-refractivity contribution in [1.29, 1.82) is 0 Å². The first-order valence-electron chi connectivity index (χ1n) is 6.26. The van der Waals surface area contributed by atoms with Crippen molar-refractivity contribution in [3.05, 3.63) is 70.7 Å². The van der Waals surface area contributed by atoms with E-state index in [4.69, 9.17) is 11.6 Å². The van der Waals surface area contributed by atoms with E-state index in [9.17, 15) is 8.42 Å². The number of halogens is 1. The van der Waals surface area contributed by atoms with Crippen molar-refractivity contribution in [1.82, 2.24) is 4.72 Å². The highest BCUT2D eigenvalue weighted by atomic mass is 35.5. The number of benzene rings is 2. The van der Waals surface area contributed by atoms with Gasteiger partial charge in [0.1, 0.15) is 0 Å². The molecule has 3 nitrogen and oxygen atoms in total. The van der Waals surface area contributed by atoms with Gasteiger partial charge in [-0.2, -0.15) is 0 Å². The second-order valence-electron chi connectivity index (χ2n) is 4.64. The zero-order valence-corrected chi connectivity index (χ0v) is 12.7. The van der Waals surface area contributed by atoms with Gasteiger partial charge in [0.2, 0.25) is 10.0 Å². The van der Waals surface area contributed by atoms with Crippen LogP contribution in [0.2, 0.25) is 5.02 Å². The van der Waals surface area contributed by atoms with Crippen LogP contribution in [0.1, 0.15) is 24.1 Å². The SMILES string of the molecule is C[C@H](NS(=O)(=O)Cc1ccc(Cl)cc1)c1ccccc1. The Morgan fingerprint density at radius 3 is 2.25 bits per heavy atom. The lowest BCUT2D eigenvalue weighted by molar-refractivity contribution is 0.566. The van der Waals surface area contributed by atoms with Crippen LogP contribution in [0, 0.1) is 0 Å². The molecule has 0 heterocycles. The first-order chi connectivity index (χ1) is 9.46. The summed E-state index contributed by atoms with van der Waals surface area (Å²) in [6.07, 6.45) is 0. The molecule has 1 atom stereocenters. The van der Waals surface area contributed by atoms with Gasteiger partial charge in [0, 0.05) is 11.1 Å². The lowest BCUT2D eigenvalue weighted by atomic mass is 10.1. The van der Waals surface area contributed by atoms with Crippen LogP contribution in [0.3, 0.4) is 0 Å². The van der Waals surface area contributed by atoms with Crippen LogP contribution in [0.15, 0.2) is 54.6 Å². The summed E-state index contributed by atoms with van der Waals surface area (Å²) in [6.45, 7) is 1.83. The molecule has 2 aromatic rings. The average Bonchev–Trinajstić information content (AvgIpc) is 2.41. The van der Waals surface area contributed by atoms with E-state index in [2.05, 4.69) is 4.72 Å². The number of nitrogens with one attached hydrogen (secondary N) is 1. The zero-order valence-electron chi connectivity index (χ0n) is 11.1. The lowest BCUT2D eigenvalue weighted by Crippen LogP contribution is -2.28. The molecule has 0 aliphatic carbocycles. The molecule has 0 spiro atoms. The van der Waals surface area contributed by atoms with Crippen molar-refractivity contribution in [3.8, 4) is 0 Å². The Morgan fingerprint density at radius 1 is 1.05 bits per heavy atom. The predicted octanol–water partition coefficient (Wildman–Crippen LogP) is 3.52. The Labute approximate surface area is 124 Å². The molecule has 106 valence electrons. The van der Waals surface area contributed by atoms with E-state index >= 15 is 0 Å². The Balaban J connectivity index is 2.06. The molecule has 0 aromatic heterocycles. The van der Waals surface area contributed by atoms with Crippen molar-refractivity contribution in [2.24, 2.45) is 0 Å². The van der Waals surface area contributed by atoms with Crippen LogP contribution >= 0.6 is 11.6 Å². The maximum Gasteiger partial charge on any atom is 0.216 e. The summed E-state index contributed by atoms with van der Waals surface area (Å²) in [4.78, 5) is 0. The van der Waals surface area contributed by atoms with Crippen LogP contribution in [0.4, 0.5) is 0 Å². The molecule has 1 N–H and O–H groups in total. The molecule has 0 amide bonds. The topological polar surface area (TPSA) is 46.2 Å². The van der Waals surface area contributed by atoms with Gasteiger partial charge in [-0.1, -0.05) is 54.1 Å². The van der Waals surface area contributed by atoms with Gasteiger partial charge in [-0.25, -0.2) is 13.1 Å². The monoisotopic (exact) mass is 309 g/mol. The molecule has 0 aliphatic heterocycles. The molecular weight excluding hydrogens is 294 g/mol. The molecular formula is C15H16ClNO2S. The predicted molar refractivity (Wildman–Crippen MR) is 82.1 cm³/mol. The fourth-order valence-electron chi connectivity index (χ4n) is 1.92. The summed E-state index contributed by atoms with van der Waals surface area (Å²) in [7, 11) is -3.39. The van der Waals surface area contributed by atoms with Gasteiger partial charge < -0.3 is 0 Å². The van der Waals surface area contributed by atoms with E-state index in [1.165, 1.54) is 0 Å². The van der Waals surface area contributed by atoms with Gasteiger partial charge in [0.15, 0.2) is 0 Å². The third kappa shape index (κ3) is 4.34. The molecule has 0 fully saturated rings. The van der Waals surface area contributed by atoms with Gasteiger partial charge in [-0.05, 0) is 30.2 Å². The Morgan fingerprint density at radius 2 is 1.65 bits per heavy atom. The molecule has 0 aliphatic rings.